The van der Waals surface area contributed by atoms with Gasteiger partial charge in [-0.05, 0) is 18.2 Å². The molecule has 1 aromatic carbocycles. The number of rotatable bonds is 4. The molecule has 106 valence electrons. The summed E-state index contributed by atoms with van der Waals surface area (Å²) < 4.78 is 1.69. The van der Waals surface area contributed by atoms with Crippen LogP contribution in [0.3, 0.4) is 0 Å². The lowest BCUT2D eigenvalue weighted by atomic mass is 10.3. The molecule has 5 nitrogen and oxygen atoms in total. The first kappa shape index (κ1) is 13.9. The van der Waals surface area contributed by atoms with E-state index in [-0.39, 0.29) is 0 Å². The van der Waals surface area contributed by atoms with Crippen LogP contribution in [-0.2, 0) is 0 Å². The van der Waals surface area contributed by atoms with Crippen molar-refractivity contribution in [3.63, 3.8) is 0 Å². The Hall–Kier alpha value is -2.11. The molecule has 0 saturated carbocycles. The zero-order valence-corrected chi connectivity index (χ0v) is 12.4. The first-order valence-corrected chi connectivity index (χ1v) is 6.95. The zero-order valence-electron chi connectivity index (χ0n) is 10.9. The maximum Gasteiger partial charge on any atom is 0.168 e. The first-order valence-electron chi connectivity index (χ1n) is 6.19. The molecule has 0 aliphatic heterocycles. The van der Waals surface area contributed by atoms with Crippen molar-refractivity contribution in [2.24, 2.45) is 0 Å². The number of hydrogen-bond donors (Lipinski definition) is 1. The third kappa shape index (κ3) is 2.57. The van der Waals surface area contributed by atoms with Gasteiger partial charge in [0.05, 0.1) is 27.3 Å². The maximum atomic E-state index is 6.05. The van der Waals surface area contributed by atoms with E-state index in [0.29, 0.717) is 28.1 Å². The second-order valence-corrected chi connectivity index (χ2v) is 5.10. The lowest BCUT2D eigenvalue weighted by molar-refractivity contribution is 0.895. The van der Waals surface area contributed by atoms with Crippen LogP contribution in [0.5, 0.6) is 0 Å². The molecule has 1 N–H and O–H groups in total. The van der Waals surface area contributed by atoms with Gasteiger partial charge in [-0.25, -0.2) is 14.6 Å². The monoisotopic (exact) mass is 319 g/mol. The molecule has 3 rings (SSSR count). The van der Waals surface area contributed by atoms with E-state index >= 15 is 0 Å². The second-order valence-electron chi connectivity index (χ2n) is 4.28. The molecule has 0 aliphatic carbocycles. The van der Waals surface area contributed by atoms with E-state index in [1.54, 1.807) is 29.1 Å². The molecule has 0 saturated heterocycles. The average Bonchev–Trinajstić information content (AvgIpc) is 2.92. The fourth-order valence-electron chi connectivity index (χ4n) is 1.96. The summed E-state index contributed by atoms with van der Waals surface area (Å²) in [7, 11) is 0. The van der Waals surface area contributed by atoms with E-state index < -0.39 is 0 Å². The minimum Gasteiger partial charge on any atom is -0.366 e. The van der Waals surface area contributed by atoms with Crippen LogP contribution in [0.15, 0.2) is 43.4 Å². The van der Waals surface area contributed by atoms with Crippen molar-refractivity contribution in [3.8, 4) is 5.69 Å². The predicted molar refractivity (Wildman–Crippen MR) is 85.4 cm³/mol. The van der Waals surface area contributed by atoms with Gasteiger partial charge in [0.1, 0.15) is 12.1 Å². The van der Waals surface area contributed by atoms with Crippen LogP contribution < -0.4 is 5.32 Å². The maximum absolute atomic E-state index is 6.05. The van der Waals surface area contributed by atoms with Gasteiger partial charge in [0, 0.05) is 6.54 Å². The number of halogens is 2. The lowest BCUT2D eigenvalue weighted by Gasteiger charge is -2.06. The highest BCUT2D eigenvalue weighted by molar-refractivity contribution is 6.42. The van der Waals surface area contributed by atoms with Crippen molar-refractivity contribution in [3.05, 3.63) is 53.4 Å². The van der Waals surface area contributed by atoms with Gasteiger partial charge < -0.3 is 5.32 Å². The van der Waals surface area contributed by atoms with Gasteiger partial charge >= 0.3 is 0 Å². The molecular formula is C14H11Cl2N5. The molecule has 7 heteroatoms. The summed E-state index contributed by atoms with van der Waals surface area (Å²) in [5.41, 5.74) is 1.47. The highest BCUT2D eigenvalue weighted by Crippen LogP contribution is 2.26. The largest absolute Gasteiger partial charge is 0.366 e. The van der Waals surface area contributed by atoms with Crippen LogP contribution in [0.2, 0.25) is 10.0 Å². The van der Waals surface area contributed by atoms with Crippen molar-refractivity contribution < 1.29 is 0 Å². The summed E-state index contributed by atoms with van der Waals surface area (Å²) in [6.45, 7) is 4.29. The summed E-state index contributed by atoms with van der Waals surface area (Å²) in [6.07, 6.45) is 4.96. The Balaban J connectivity index is 2.11. The second kappa shape index (κ2) is 5.71. The van der Waals surface area contributed by atoms with E-state index in [4.69, 9.17) is 23.2 Å². The van der Waals surface area contributed by atoms with Crippen LogP contribution >= 0.6 is 23.2 Å². The van der Waals surface area contributed by atoms with Gasteiger partial charge in [-0.2, -0.15) is 5.10 Å². The first-order chi connectivity index (χ1) is 10.2. The highest BCUT2D eigenvalue weighted by atomic mass is 35.5. The van der Waals surface area contributed by atoms with Gasteiger partial charge in [-0.15, -0.1) is 6.58 Å². The van der Waals surface area contributed by atoms with Crippen LogP contribution in [-0.4, -0.2) is 26.3 Å². The number of nitrogens with one attached hydrogen (secondary N) is 1. The third-order valence-corrected chi connectivity index (χ3v) is 3.67. The topological polar surface area (TPSA) is 55.6 Å². The minimum atomic E-state index is 0.469. The SMILES string of the molecule is C=CCNc1ncnc2c1cnn2-c1ccc(Cl)c(Cl)c1. The van der Waals surface area contributed by atoms with Crippen molar-refractivity contribution in [2.75, 3.05) is 11.9 Å². The van der Waals surface area contributed by atoms with Gasteiger partial charge in [0.15, 0.2) is 5.65 Å². The van der Waals surface area contributed by atoms with E-state index in [1.165, 1.54) is 6.33 Å². The van der Waals surface area contributed by atoms with Crippen LogP contribution in [0.25, 0.3) is 16.7 Å². The number of aromatic nitrogens is 4. The standard InChI is InChI=1S/C14H11Cl2N5/c1-2-5-17-13-10-7-20-21(14(10)19-8-18-13)9-3-4-11(15)12(16)6-9/h2-4,6-8H,1,5H2,(H,17,18,19). The minimum absolute atomic E-state index is 0.469. The Kier molecular flexibility index (Phi) is 3.77. The quantitative estimate of drug-likeness (QED) is 0.744. The number of hydrogen-bond acceptors (Lipinski definition) is 4. The Bertz CT molecular complexity index is 812. The van der Waals surface area contributed by atoms with Crippen LogP contribution in [0.1, 0.15) is 0 Å². The van der Waals surface area contributed by atoms with Crippen molar-refractivity contribution in [1.82, 2.24) is 19.7 Å². The molecule has 0 radical (unpaired) electrons. The Morgan fingerprint density at radius 3 is 2.86 bits per heavy atom. The van der Waals surface area contributed by atoms with Gasteiger partial charge in [-0.3, -0.25) is 0 Å². The van der Waals surface area contributed by atoms with Gasteiger partial charge in [-0.1, -0.05) is 29.3 Å². The molecule has 0 bridgehead atoms. The summed E-state index contributed by atoms with van der Waals surface area (Å²) in [5, 5.41) is 9.30. The Labute approximate surface area is 131 Å². The molecule has 2 heterocycles. The fourth-order valence-corrected chi connectivity index (χ4v) is 2.25. The predicted octanol–water partition coefficient (Wildman–Crippen LogP) is 3.72. The van der Waals surface area contributed by atoms with E-state index in [0.717, 1.165) is 11.1 Å². The molecule has 3 aromatic rings. The molecule has 0 atom stereocenters. The molecule has 0 spiro atoms. The molecule has 0 aliphatic rings. The number of fused-ring (bicyclic) bond motifs is 1. The zero-order chi connectivity index (χ0) is 14.8. The molecular weight excluding hydrogens is 309 g/mol. The molecule has 0 amide bonds. The van der Waals surface area contributed by atoms with Gasteiger partial charge in [0.25, 0.3) is 0 Å². The summed E-state index contributed by atoms with van der Waals surface area (Å²) in [4.78, 5) is 8.50. The Morgan fingerprint density at radius 1 is 1.24 bits per heavy atom. The molecule has 0 unspecified atom stereocenters. The number of nitrogens with zero attached hydrogens (tertiary/aromatic N) is 4. The van der Waals surface area contributed by atoms with Crippen molar-refractivity contribution in [2.45, 2.75) is 0 Å². The fraction of sp³-hybridized carbons (Fsp3) is 0.0714. The van der Waals surface area contributed by atoms with Crippen LogP contribution in [0, 0.1) is 0 Å². The summed E-state index contributed by atoms with van der Waals surface area (Å²) in [6, 6.07) is 5.31. The lowest BCUT2D eigenvalue weighted by Crippen LogP contribution is -2.02. The normalized spacial score (nSPS) is 10.8. The Morgan fingerprint density at radius 2 is 2.10 bits per heavy atom. The van der Waals surface area contributed by atoms with Crippen molar-refractivity contribution in [1.29, 1.82) is 0 Å². The highest BCUT2D eigenvalue weighted by Gasteiger charge is 2.11. The van der Waals surface area contributed by atoms with Crippen LogP contribution in [0.4, 0.5) is 5.82 Å². The van der Waals surface area contributed by atoms with Gasteiger partial charge in [0.2, 0.25) is 0 Å². The van der Waals surface area contributed by atoms with E-state index in [1.807, 2.05) is 6.07 Å². The smallest absolute Gasteiger partial charge is 0.168 e. The van der Waals surface area contributed by atoms with Crippen molar-refractivity contribution >= 4 is 40.1 Å². The summed E-state index contributed by atoms with van der Waals surface area (Å²) in [5.74, 6) is 0.714. The summed E-state index contributed by atoms with van der Waals surface area (Å²) >= 11 is 12.0. The van der Waals surface area contributed by atoms with E-state index in [2.05, 4.69) is 27.0 Å². The average molecular weight is 320 g/mol. The molecule has 2 aromatic heterocycles. The third-order valence-electron chi connectivity index (χ3n) is 2.93. The number of benzene rings is 1. The molecule has 21 heavy (non-hydrogen) atoms. The van der Waals surface area contributed by atoms with E-state index in [9.17, 15) is 0 Å². The number of anilines is 1. The molecule has 0 fully saturated rings.